The number of fused-ring (bicyclic) bond motifs is 1. The SMILES string of the molecule is C=C1CC[C@H]2C(C)(C)[C@@H](O)CC[C@]2(C)[C@H]1CO[C@@H](C(=O)O)[C@H](CC(=O)O)C(=O)O. The number of carboxylic acid groups (broad SMARTS) is 3. The van der Waals surface area contributed by atoms with Gasteiger partial charge in [-0.15, -0.1) is 0 Å². The van der Waals surface area contributed by atoms with E-state index in [9.17, 15) is 29.7 Å². The lowest BCUT2D eigenvalue weighted by Gasteiger charge is -2.59. The van der Waals surface area contributed by atoms with E-state index in [4.69, 9.17) is 9.84 Å². The van der Waals surface area contributed by atoms with Crippen molar-refractivity contribution in [3.05, 3.63) is 12.2 Å². The van der Waals surface area contributed by atoms with Gasteiger partial charge in [-0.05, 0) is 42.4 Å². The molecule has 2 aliphatic carbocycles. The third-order valence-corrected chi connectivity index (χ3v) is 7.32. The highest BCUT2D eigenvalue weighted by molar-refractivity contribution is 5.85. The van der Waals surface area contributed by atoms with Crippen LogP contribution in [-0.4, -0.2) is 57.1 Å². The molecule has 6 atom stereocenters. The molecule has 4 N–H and O–H groups in total. The molecule has 0 amide bonds. The molecule has 0 spiro atoms. The third kappa shape index (κ3) is 4.48. The Labute approximate surface area is 170 Å². The van der Waals surface area contributed by atoms with Crippen LogP contribution < -0.4 is 0 Å². The van der Waals surface area contributed by atoms with Crippen LogP contribution in [0.2, 0.25) is 0 Å². The molecular formula is C21H32O8. The van der Waals surface area contributed by atoms with Gasteiger partial charge in [0.2, 0.25) is 0 Å². The molecule has 2 saturated carbocycles. The predicted octanol–water partition coefficient (Wildman–Crippen LogP) is 2.40. The smallest absolute Gasteiger partial charge is 0.333 e. The summed E-state index contributed by atoms with van der Waals surface area (Å²) in [6.45, 7) is 10.3. The molecule has 8 heteroatoms. The average Bonchev–Trinajstić information content (AvgIpc) is 2.59. The van der Waals surface area contributed by atoms with Crippen molar-refractivity contribution in [3.63, 3.8) is 0 Å². The highest BCUT2D eigenvalue weighted by atomic mass is 16.5. The molecule has 0 aromatic carbocycles. The Bertz CT molecular complexity index is 684. The molecule has 0 bridgehead atoms. The monoisotopic (exact) mass is 412 g/mol. The fraction of sp³-hybridized carbons (Fsp3) is 0.762. The molecule has 2 fully saturated rings. The Morgan fingerprint density at radius 3 is 2.28 bits per heavy atom. The van der Waals surface area contributed by atoms with Crippen LogP contribution in [0.1, 0.15) is 52.9 Å². The van der Waals surface area contributed by atoms with Gasteiger partial charge in [-0.2, -0.15) is 0 Å². The van der Waals surface area contributed by atoms with Crippen molar-refractivity contribution in [2.75, 3.05) is 6.61 Å². The van der Waals surface area contributed by atoms with E-state index in [1.165, 1.54) is 0 Å². The van der Waals surface area contributed by atoms with Gasteiger partial charge in [0.1, 0.15) is 5.92 Å². The number of aliphatic hydroxyl groups is 1. The maximum atomic E-state index is 11.7. The Morgan fingerprint density at radius 2 is 1.76 bits per heavy atom. The summed E-state index contributed by atoms with van der Waals surface area (Å²) in [6.07, 6.45) is -0.0890. The first-order valence-corrected chi connectivity index (χ1v) is 9.97. The van der Waals surface area contributed by atoms with Gasteiger partial charge in [0.25, 0.3) is 0 Å². The molecule has 0 heterocycles. The lowest BCUT2D eigenvalue weighted by molar-refractivity contribution is -0.172. The average molecular weight is 412 g/mol. The standard InChI is InChI=1S/C21H32O8/c1-11-5-6-14-20(2,3)15(22)7-8-21(14,4)13(11)10-29-17(19(27)28)12(18(25)26)9-16(23)24/h12-15,17,22H,1,5-10H2,2-4H3,(H,23,24)(H,25,26)(H,27,28)/t12-,13-,14-,15-,17+,21+/m0/s1. The van der Waals surface area contributed by atoms with Crippen molar-refractivity contribution in [1.29, 1.82) is 0 Å². The van der Waals surface area contributed by atoms with Crippen molar-refractivity contribution in [2.45, 2.75) is 65.1 Å². The minimum atomic E-state index is -1.76. The molecule has 0 radical (unpaired) electrons. The van der Waals surface area contributed by atoms with E-state index in [-0.39, 0.29) is 29.3 Å². The van der Waals surface area contributed by atoms with Crippen LogP contribution in [0.15, 0.2) is 12.2 Å². The van der Waals surface area contributed by atoms with Crippen molar-refractivity contribution in [2.24, 2.45) is 28.6 Å². The summed E-state index contributed by atoms with van der Waals surface area (Å²) in [7, 11) is 0. The lowest BCUT2D eigenvalue weighted by atomic mass is 9.47. The number of carboxylic acids is 3. The molecule has 29 heavy (non-hydrogen) atoms. The second-order valence-electron chi connectivity index (χ2n) is 9.32. The second-order valence-corrected chi connectivity index (χ2v) is 9.32. The van der Waals surface area contributed by atoms with Gasteiger partial charge in [-0.25, -0.2) is 4.79 Å². The Hall–Kier alpha value is -1.93. The quantitative estimate of drug-likeness (QED) is 0.445. The summed E-state index contributed by atoms with van der Waals surface area (Å²) in [6, 6.07) is 0. The molecule has 8 nitrogen and oxygen atoms in total. The number of ether oxygens (including phenoxy) is 1. The van der Waals surface area contributed by atoms with E-state index in [1.54, 1.807) is 0 Å². The highest BCUT2D eigenvalue weighted by Gasteiger charge is 2.56. The first kappa shape index (κ1) is 23.3. The zero-order valence-electron chi connectivity index (χ0n) is 17.3. The molecule has 0 aliphatic heterocycles. The van der Waals surface area contributed by atoms with Crippen molar-refractivity contribution in [1.82, 2.24) is 0 Å². The van der Waals surface area contributed by atoms with Gasteiger partial charge in [0.05, 0.1) is 19.1 Å². The molecule has 0 saturated heterocycles. The number of rotatable bonds is 8. The van der Waals surface area contributed by atoms with E-state index in [2.05, 4.69) is 13.5 Å². The van der Waals surface area contributed by atoms with Gasteiger partial charge >= 0.3 is 17.9 Å². The first-order valence-electron chi connectivity index (χ1n) is 9.97. The Morgan fingerprint density at radius 1 is 1.14 bits per heavy atom. The minimum absolute atomic E-state index is 0.0433. The number of hydrogen-bond donors (Lipinski definition) is 4. The van der Waals surface area contributed by atoms with Gasteiger partial charge in [-0.1, -0.05) is 32.9 Å². The van der Waals surface area contributed by atoms with Crippen LogP contribution in [-0.2, 0) is 19.1 Å². The number of aliphatic carboxylic acids is 3. The molecule has 2 aliphatic rings. The highest BCUT2D eigenvalue weighted by Crippen LogP contribution is 2.60. The largest absolute Gasteiger partial charge is 0.481 e. The van der Waals surface area contributed by atoms with E-state index >= 15 is 0 Å². The van der Waals surface area contributed by atoms with Gasteiger partial charge < -0.3 is 25.2 Å². The van der Waals surface area contributed by atoms with Gasteiger partial charge in [-0.3, -0.25) is 9.59 Å². The van der Waals surface area contributed by atoms with E-state index < -0.39 is 42.5 Å². The molecular weight excluding hydrogens is 380 g/mol. The van der Waals surface area contributed by atoms with Crippen LogP contribution in [0.25, 0.3) is 0 Å². The maximum Gasteiger partial charge on any atom is 0.333 e. The van der Waals surface area contributed by atoms with E-state index in [1.807, 2.05) is 13.8 Å². The second kappa shape index (κ2) is 8.44. The van der Waals surface area contributed by atoms with Gasteiger partial charge in [0.15, 0.2) is 6.10 Å². The van der Waals surface area contributed by atoms with E-state index in [0.717, 1.165) is 24.8 Å². The Balaban J connectivity index is 2.25. The zero-order chi connectivity index (χ0) is 22.1. The van der Waals surface area contributed by atoms with Crippen LogP contribution in [0, 0.1) is 28.6 Å². The summed E-state index contributed by atoms with van der Waals surface area (Å²) >= 11 is 0. The van der Waals surface area contributed by atoms with Crippen LogP contribution in [0.3, 0.4) is 0 Å². The fourth-order valence-electron chi connectivity index (χ4n) is 5.54. The van der Waals surface area contributed by atoms with Crippen molar-refractivity contribution in [3.8, 4) is 0 Å². The molecule has 2 rings (SSSR count). The molecule has 0 aromatic rings. The lowest BCUT2D eigenvalue weighted by Crippen LogP contribution is -2.56. The summed E-state index contributed by atoms with van der Waals surface area (Å²) in [5.41, 5.74) is 0.336. The van der Waals surface area contributed by atoms with Crippen LogP contribution in [0.4, 0.5) is 0 Å². The zero-order valence-corrected chi connectivity index (χ0v) is 17.3. The first-order chi connectivity index (χ1) is 13.3. The summed E-state index contributed by atoms with van der Waals surface area (Å²) in [4.78, 5) is 34.1. The van der Waals surface area contributed by atoms with Crippen molar-refractivity contribution >= 4 is 17.9 Å². The predicted molar refractivity (Wildman–Crippen MR) is 103 cm³/mol. The molecule has 0 unspecified atom stereocenters. The fourth-order valence-corrected chi connectivity index (χ4v) is 5.54. The number of hydrogen-bond acceptors (Lipinski definition) is 5. The normalized spacial score (nSPS) is 33.4. The van der Waals surface area contributed by atoms with Crippen molar-refractivity contribution < 1.29 is 39.5 Å². The van der Waals surface area contributed by atoms with Crippen LogP contribution >= 0.6 is 0 Å². The number of aliphatic hydroxyl groups excluding tert-OH is 1. The third-order valence-electron chi connectivity index (χ3n) is 7.32. The molecule has 0 aromatic heterocycles. The van der Waals surface area contributed by atoms with Crippen LogP contribution in [0.5, 0.6) is 0 Å². The summed E-state index contributed by atoms with van der Waals surface area (Å²) in [5.74, 6) is -6.13. The topological polar surface area (TPSA) is 141 Å². The summed E-state index contributed by atoms with van der Waals surface area (Å²) in [5, 5.41) is 38.2. The maximum absolute atomic E-state index is 11.7. The minimum Gasteiger partial charge on any atom is -0.481 e. The van der Waals surface area contributed by atoms with Gasteiger partial charge in [0, 0.05) is 5.92 Å². The van der Waals surface area contributed by atoms with E-state index in [0.29, 0.717) is 6.42 Å². The molecule has 164 valence electrons. The number of carbonyl (C=O) groups is 3. The summed E-state index contributed by atoms with van der Waals surface area (Å²) < 4.78 is 5.58. The Kier molecular flexibility index (Phi) is 6.79.